The van der Waals surface area contributed by atoms with Crippen LogP contribution in [0, 0.1) is 0 Å². The maximum absolute atomic E-state index is 11.6. The van der Waals surface area contributed by atoms with E-state index >= 15 is 0 Å². The number of nitrogens with one attached hydrogen (secondary N) is 1. The van der Waals surface area contributed by atoms with Crippen LogP contribution in [0.25, 0.3) is 11.1 Å². The Morgan fingerprint density at radius 3 is 3.00 bits per heavy atom. The smallest absolute Gasteiger partial charge is 0.338 e. The molecule has 6 heteroatoms. The van der Waals surface area contributed by atoms with Gasteiger partial charge in [0.15, 0.2) is 0 Å². The van der Waals surface area contributed by atoms with Crippen LogP contribution in [-0.4, -0.2) is 23.2 Å². The molecule has 1 aliphatic carbocycles. The van der Waals surface area contributed by atoms with Crippen molar-refractivity contribution in [2.24, 2.45) is 0 Å². The van der Waals surface area contributed by atoms with E-state index < -0.39 is 11.5 Å². The summed E-state index contributed by atoms with van der Waals surface area (Å²) in [5.41, 5.74) is 0.780. The van der Waals surface area contributed by atoms with E-state index in [4.69, 9.17) is 4.52 Å². The Balaban J connectivity index is 2.33. The largest absolute Gasteiger partial charge is 0.465 e. The number of esters is 1. The minimum Gasteiger partial charge on any atom is -0.465 e. The first-order valence-electron chi connectivity index (χ1n) is 5.31. The summed E-state index contributed by atoms with van der Waals surface area (Å²) in [5, 5.41) is 4.49. The highest BCUT2D eigenvalue weighted by atomic mass is 16.5. The number of hydrogen-bond donors (Lipinski definition) is 1. The molecular weight excluding hydrogens is 224 g/mol. The summed E-state index contributed by atoms with van der Waals surface area (Å²) in [6.45, 7) is 0. The van der Waals surface area contributed by atoms with Gasteiger partial charge >= 0.3 is 5.97 Å². The Kier molecular flexibility index (Phi) is 2.04. The third-order valence-electron chi connectivity index (χ3n) is 2.87. The minimum atomic E-state index is -0.550. The normalized spacial score (nSPS) is 15.1. The van der Waals surface area contributed by atoms with Gasteiger partial charge in [0, 0.05) is 12.0 Å². The van der Waals surface area contributed by atoms with E-state index in [9.17, 15) is 9.59 Å². The first kappa shape index (κ1) is 10.1. The van der Waals surface area contributed by atoms with Crippen LogP contribution in [0.2, 0.25) is 0 Å². The summed E-state index contributed by atoms with van der Waals surface area (Å²) in [6, 6.07) is 1.22. The number of carbonyl (C=O) groups excluding carboxylic acids is 1. The average Bonchev–Trinajstić information content (AvgIpc) is 3.08. The van der Waals surface area contributed by atoms with Crippen LogP contribution in [0.4, 0.5) is 0 Å². The third kappa shape index (κ3) is 1.52. The zero-order valence-corrected chi connectivity index (χ0v) is 9.15. The number of aromatic amines is 1. The number of ether oxygens (including phenoxy) is 1. The lowest BCUT2D eigenvalue weighted by Crippen LogP contribution is -2.11. The van der Waals surface area contributed by atoms with Crippen molar-refractivity contribution >= 4 is 17.1 Å². The fourth-order valence-electron chi connectivity index (χ4n) is 1.91. The quantitative estimate of drug-likeness (QED) is 0.788. The highest BCUT2D eigenvalue weighted by molar-refractivity contribution is 6.03. The molecule has 1 saturated carbocycles. The zero-order valence-electron chi connectivity index (χ0n) is 9.15. The second-order valence-corrected chi connectivity index (χ2v) is 4.09. The van der Waals surface area contributed by atoms with Crippen LogP contribution in [0.5, 0.6) is 0 Å². The van der Waals surface area contributed by atoms with Crippen molar-refractivity contribution in [2.45, 2.75) is 18.8 Å². The summed E-state index contributed by atoms with van der Waals surface area (Å²) in [6.07, 6.45) is 2.06. The van der Waals surface area contributed by atoms with Crippen molar-refractivity contribution in [3.8, 4) is 0 Å². The second-order valence-electron chi connectivity index (χ2n) is 4.09. The summed E-state index contributed by atoms with van der Waals surface area (Å²) in [5.74, 6) is -0.225. The first-order valence-corrected chi connectivity index (χ1v) is 5.31. The molecule has 0 amide bonds. The van der Waals surface area contributed by atoms with Gasteiger partial charge in [0.05, 0.1) is 23.8 Å². The number of methoxy groups -OCH3 is 1. The van der Waals surface area contributed by atoms with Gasteiger partial charge in [-0.1, -0.05) is 5.16 Å². The number of aromatic nitrogens is 2. The number of fused-ring (bicyclic) bond motifs is 1. The third-order valence-corrected chi connectivity index (χ3v) is 2.87. The van der Waals surface area contributed by atoms with Gasteiger partial charge in [0.1, 0.15) is 0 Å². The van der Waals surface area contributed by atoms with Gasteiger partial charge in [0.25, 0.3) is 5.56 Å². The Labute approximate surface area is 95.6 Å². The Bertz CT molecular complexity index is 651. The molecule has 0 aromatic carbocycles. The molecule has 0 bridgehead atoms. The van der Waals surface area contributed by atoms with Crippen molar-refractivity contribution in [3.05, 3.63) is 27.7 Å². The van der Waals surface area contributed by atoms with Crippen LogP contribution in [0.1, 0.15) is 34.8 Å². The van der Waals surface area contributed by atoms with Crippen LogP contribution in [0.15, 0.2) is 15.4 Å². The van der Waals surface area contributed by atoms with Crippen LogP contribution in [-0.2, 0) is 4.74 Å². The SMILES string of the molecule is COC(=O)c1cc(=O)[nH]c2onc(C3CC3)c12. The molecule has 1 fully saturated rings. The van der Waals surface area contributed by atoms with E-state index in [1.165, 1.54) is 13.2 Å². The highest BCUT2D eigenvalue weighted by Gasteiger charge is 2.31. The van der Waals surface area contributed by atoms with Gasteiger partial charge in [0.2, 0.25) is 5.71 Å². The minimum absolute atomic E-state index is 0.217. The lowest BCUT2D eigenvalue weighted by atomic mass is 10.1. The Hall–Kier alpha value is -2.11. The van der Waals surface area contributed by atoms with Gasteiger partial charge in [-0.15, -0.1) is 0 Å². The molecule has 2 aromatic rings. The van der Waals surface area contributed by atoms with Crippen LogP contribution in [0.3, 0.4) is 0 Å². The molecular formula is C11H10N2O4. The Morgan fingerprint density at radius 2 is 2.35 bits per heavy atom. The van der Waals surface area contributed by atoms with E-state index in [1.807, 2.05) is 0 Å². The highest BCUT2D eigenvalue weighted by Crippen LogP contribution is 2.42. The van der Waals surface area contributed by atoms with E-state index in [1.54, 1.807) is 0 Å². The number of rotatable bonds is 2. The number of hydrogen-bond acceptors (Lipinski definition) is 5. The van der Waals surface area contributed by atoms with Crippen molar-refractivity contribution < 1.29 is 14.1 Å². The molecule has 1 N–H and O–H groups in total. The molecule has 0 spiro atoms. The molecule has 88 valence electrons. The maximum atomic E-state index is 11.6. The second kappa shape index (κ2) is 3.44. The lowest BCUT2D eigenvalue weighted by Gasteiger charge is -2.00. The maximum Gasteiger partial charge on any atom is 0.338 e. The Morgan fingerprint density at radius 1 is 1.59 bits per heavy atom. The van der Waals surface area contributed by atoms with Crippen LogP contribution < -0.4 is 5.56 Å². The molecule has 17 heavy (non-hydrogen) atoms. The molecule has 2 heterocycles. The molecule has 3 rings (SSSR count). The van der Waals surface area contributed by atoms with Gasteiger partial charge in [-0.2, -0.15) is 0 Å². The lowest BCUT2D eigenvalue weighted by molar-refractivity contribution is 0.0602. The molecule has 0 radical (unpaired) electrons. The predicted molar refractivity (Wildman–Crippen MR) is 57.9 cm³/mol. The predicted octanol–water partition coefficient (Wildman–Crippen LogP) is 1.18. The number of carbonyl (C=O) groups is 1. The molecule has 0 aliphatic heterocycles. The van der Waals surface area contributed by atoms with E-state index in [0.29, 0.717) is 11.3 Å². The standard InChI is InChI=1S/C11H10N2O4/c1-16-11(15)6-4-7(14)12-10-8(6)9(13-17-10)5-2-3-5/h4-5H,2-3H2,1H3,(H,12,14). The average molecular weight is 234 g/mol. The zero-order chi connectivity index (χ0) is 12.0. The first-order chi connectivity index (χ1) is 8.20. The molecule has 1 aliphatic rings. The van der Waals surface area contributed by atoms with E-state index in [-0.39, 0.29) is 11.3 Å². The molecule has 0 atom stereocenters. The van der Waals surface area contributed by atoms with E-state index in [0.717, 1.165) is 18.5 Å². The van der Waals surface area contributed by atoms with Crippen LogP contribution >= 0.6 is 0 Å². The summed E-state index contributed by atoms with van der Waals surface area (Å²) in [7, 11) is 1.28. The van der Waals surface area contributed by atoms with Gasteiger partial charge in [-0.05, 0) is 12.8 Å². The fourth-order valence-corrected chi connectivity index (χ4v) is 1.91. The van der Waals surface area contributed by atoms with Gasteiger partial charge in [-0.3, -0.25) is 9.78 Å². The molecule has 2 aromatic heterocycles. The number of pyridine rings is 1. The summed E-state index contributed by atoms with van der Waals surface area (Å²) >= 11 is 0. The van der Waals surface area contributed by atoms with Gasteiger partial charge < -0.3 is 9.26 Å². The van der Waals surface area contributed by atoms with Crippen molar-refractivity contribution in [3.63, 3.8) is 0 Å². The number of nitrogens with zero attached hydrogens (tertiary/aromatic N) is 1. The fraction of sp³-hybridized carbons (Fsp3) is 0.364. The van der Waals surface area contributed by atoms with Gasteiger partial charge in [-0.25, -0.2) is 4.79 Å². The van der Waals surface area contributed by atoms with E-state index in [2.05, 4.69) is 14.9 Å². The topological polar surface area (TPSA) is 85.2 Å². The number of H-pyrrole nitrogens is 1. The van der Waals surface area contributed by atoms with Crippen molar-refractivity contribution in [1.82, 2.24) is 10.1 Å². The van der Waals surface area contributed by atoms with Crippen molar-refractivity contribution in [2.75, 3.05) is 7.11 Å². The summed E-state index contributed by atoms with van der Waals surface area (Å²) < 4.78 is 9.72. The molecule has 0 unspecified atom stereocenters. The molecule has 6 nitrogen and oxygen atoms in total. The molecule has 0 saturated heterocycles. The summed E-state index contributed by atoms with van der Waals surface area (Å²) in [4.78, 5) is 25.5. The van der Waals surface area contributed by atoms with Crippen molar-refractivity contribution in [1.29, 1.82) is 0 Å². The monoisotopic (exact) mass is 234 g/mol.